The second kappa shape index (κ2) is 5.97. The normalized spacial score (nSPS) is 13.4. The molecule has 0 radical (unpaired) electrons. The van der Waals surface area contributed by atoms with Crippen molar-refractivity contribution in [2.45, 2.75) is 18.9 Å². The van der Waals surface area contributed by atoms with Gasteiger partial charge >= 0.3 is 0 Å². The van der Waals surface area contributed by atoms with E-state index < -0.39 is 25.1 Å². The molecule has 0 aliphatic heterocycles. The SMILES string of the molecule is COc1ccc(O)c(C(C)NCC(F)(F)CO)c1. The zero-order valence-electron chi connectivity index (χ0n) is 10.3. The van der Waals surface area contributed by atoms with Crippen molar-refractivity contribution in [2.75, 3.05) is 20.3 Å². The number of phenols is 1. The molecule has 0 heterocycles. The van der Waals surface area contributed by atoms with Gasteiger partial charge in [-0.15, -0.1) is 0 Å². The van der Waals surface area contributed by atoms with E-state index in [2.05, 4.69) is 5.32 Å². The fourth-order valence-electron chi connectivity index (χ4n) is 1.47. The van der Waals surface area contributed by atoms with Gasteiger partial charge in [-0.05, 0) is 25.1 Å². The van der Waals surface area contributed by atoms with Crippen LogP contribution in [0.25, 0.3) is 0 Å². The second-order valence-electron chi connectivity index (χ2n) is 4.04. The van der Waals surface area contributed by atoms with E-state index in [1.165, 1.54) is 13.2 Å². The molecule has 102 valence electrons. The molecule has 0 saturated carbocycles. The van der Waals surface area contributed by atoms with Crippen LogP contribution >= 0.6 is 0 Å². The Balaban J connectivity index is 2.74. The van der Waals surface area contributed by atoms with Crippen LogP contribution in [0.15, 0.2) is 18.2 Å². The van der Waals surface area contributed by atoms with Crippen molar-refractivity contribution in [3.63, 3.8) is 0 Å². The summed E-state index contributed by atoms with van der Waals surface area (Å²) in [6, 6.07) is 4.10. The fraction of sp³-hybridized carbons (Fsp3) is 0.500. The Morgan fingerprint density at radius 3 is 2.67 bits per heavy atom. The van der Waals surface area contributed by atoms with Crippen LogP contribution in [0.5, 0.6) is 11.5 Å². The van der Waals surface area contributed by atoms with E-state index in [9.17, 15) is 13.9 Å². The van der Waals surface area contributed by atoms with Crippen LogP contribution in [0.1, 0.15) is 18.5 Å². The number of halogens is 2. The Bertz CT molecular complexity index is 399. The van der Waals surface area contributed by atoms with Gasteiger partial charge < -0.3 is 20.3 Å². The summed E-state index contributed by atoms with van der Waals surface area (Å²) in [5, 5.41) is 20.7. The van der Waals surface area contributed by atoms with Gasteiger partial charge in [-0.2, -0.15) is 0 Å². The van der Waals surface area contributed by atoms with E-state index in [1.807, 2.05) is 0 Å². The van der Waals surface area contributed by atoms with Crippen LogP contribution in [0.2, 0.25) is 0 Å². The molecule has 6 heteroatoms. The largest absolute Gasteiger partial charge is 0.508 e. The quantitative estimate of drug-likeness (QED) is 0.729. The lowest BCUT2D eigenvalue weighted by Gasteiger charge is -2.20. The summed E-state index contributed by atoms with van der Waals surface area (Å²) in [5.41, 5.74) is 0.461. The molecule has 0 amide bonds. The Kier molecular flexibility index (Phi) is 4.86. The second-order valence-corrected chi connectivity index (χ2v) is 4.04. The molecule has 1 rings (SSSR count). The molecule has 18 heavy (non-hydrogen) atoms. The minimum atomic E-state index is -3.18. The summed E-state index contributed by atoms with van der Waals surface area (Å²) in [5.74, 6) is -2.64. The van der Waals surface area contributed by atoms with Crippen molar-refractivity contribution in [3.8, 4) is 11.5 Å². The average molecular weight is 261 g/mol. The summed E-state index contributed by atoms with van der Waals surface area (Å²) in [7, 11) is 1.48. The third-order valence-corrected chi connectivity index (χ3v) is 2.60. The molecule has 4 nitrogen and oxygen atoms in total. The first kappa shape index (κ1) is 14.7. The number of hydrogen-bond donors (Lipinski definition) is 3. The summed E-state index contributed by atoms with van der Waals surface area (Å²) >= 11 is 0. The maximum absolute atomic E-state index is 12.9. The van der Waals surface area contributed by atoms with Crippen LogP contribution in [-0.4, -0.2) is 36.4 Å². The number of phenolic OH excluding ortho intramolecular Hbond substituents is 1. The lowest BCUT2D eigenvalue weighted by atomic mass is 10.1. The zero-order chi connectivity index (χ0) is 13.8. The Morgan fingerprint density at radius 1 is 1.44 bits per heavy atom. The van der Waals surface area contributed by atoms with Crippen molar-refractivity contribution in [3.05, 3.63) is 23.8 Å². The lowest BCUT2D eigenvalue weighted by molar-refractivity contribution is -0.0491. The molecular formula is C12H17F2NO3. The number of hydrogen-bond acceptors (Lipinski definition) is 4. The van der Waals surface area contributed by atoms with E-state index in [-0.39, 0.29) is 5.75 Å². The van der Waals surface area contributed by atoms with Crippen molar-refractivity contribution < 1.29 is 23.7 Å². The minimum Gasteiger partial charge on any atom is -0.508 e. The molecule has 1 unspecified atom stereocenters. The number of aliphatic hydroxyl groups is 1. The fourth-order valence-corrected chi connectivity index (χ4v) is 1.47. The van der Waals surface area contributed by atoms with E-state index in [0.29, 0.717) is 11.3 Å². The van der Waals surface area contributed by atoms with Gasteiger partial charge in [0.2, 0.25) is 0 Å². The summed E-state index contributed by atoms with van der Waals surface area (Å²) in [4.78, 5) is 0. The molecule has 0 aliphatic carbocycles. The molecule has 0 fully saturated rings. The van der Waals surface area contributed by atoms with Gasteiger partial charge in [0.15, 0.2) is 0 Å². The van der Waals surface area contributed by atoms with Gasteiger partial charge in [0.25, 0.3) is 5.92 Å². The molecule has 1 aromatic rings. The van der Waals surface area contributed by atoms with Crippen LogP contribution < -0.4 is 10.1 Å². The molecule has 0 bridgehead atoms. The third kappa shape index (κ3) is 3.82. The predicted octanol–water partition coefficient (Wildman–Crippen LogP) is 1.68. The van der Waals surface area contributed by atoms with Gasteiger partial charge in [0.1, 0.15) is 18.1 Å². The highest BCUT2D eigenvalue weighted by molar-refractivity contribution is 5.41. The molecule has 1 aromatic carbocycles. The van der Waals surface area contributed by atoms with Gasteiger partial charge in [-0.25, -0.2) is 8.78 Å². The molecule has 0 saturated heterocycles. The zero-order valence-corrected chi connectivity index (χ0v) is 10.3. The number of aromatic hydroxyl groups is 1. The van der Waals surface area contributed by atoms with Crippen molar-refractivity contribution in [1.29, 1.82) is 0 Å². The predicted molar refractivity (Wildman–Crippen MR) is 63.1 cm³/mol. The topological polar surface area (TPSA) is 61.7 Å². The van der Waals surface area contributed by atoms with Gasteiger partial charge in [-0.1, -0.05) is 0 Å². The number of benzene rings is 1. The molecule has 1 atom stereocenters. The van der Waals surface area contributed by atoms with Crippen LogP contribution in [-0.2, 0) is 0 Å². The highest BCUT2D eigenvalue weighted by atomic mass is 19.3. The standard InChI is InChI=1S/C12H17F2NO3/c1-8(15-6-12(13,14)7-16)10-5-9(18-2)3-4-11(10)17/h3-5,8,15-17H,6-7H2,1-2H3. The Labute approximate surface area is 104 Å². The number of nitrogens with one attached hydrogen (secondary N) is 1. The first-order valence-corrected chi connectivity index (χ1v) is 5.48. The average Bonchev–Trinajstić information content (AvgIpc) is 2.36. The number of methoxy groups -OCH3 is 1. The number of ether oxygens (including phenoxy) is 1. The van der Waals surface area contributed by atoms with E-state index in [4.69, 9.17) is 9.84 Å². The number of aliphatic hydroxyl groups excluding tert-OH is 1. The molecule has 0 aromatic heterocycles. The van der Waals surface area contributed by atoms with Crippen LogP contribution in [0, 0.1) is 0 Å². The smallest absolute Gasteiger partial charge is 0.282 e. The third-order valence-electron chi connectivity index (χ3n) is 2.60. The lowest BCUT2D eigenvalue weighted by Crippen LogP contribution is -2.37. The van der Waals surface area contributed by atoms with Gasteiger partial charge in [0, 0.05) is 11.6 Å². The van der Waals surface area contributed by atoms with Gasteiger partial charge in [-0.3, -0.25) is 0 Å². The first-order chi connectivity index (χ1) is 8.39. The van der Waals surface area contributed by atoms with Gasteiger partial charge in [0.05, 0.1) is 13.7 Å². The van der Waals surface area contributed by atoms with Crippen molar-refractivity contribution >= 4 is 0 Å². The highest BCUT2D eigenvalue weighted by Crippen LogP contribution is 2.28. The monoisotopic (exact) mass is 261 g/mol. The van der Waals surface area contributed by atoms with E-state index in [1.54, 1.807) is 19.1 Å². The van der Waals surface area contributed by atoms with Crippen molar-refractivity contribution in [2.24, 2.45) is 0 Å². The molecule has 0 aliphatic rings. The van der Waals surface area contributed by atoms with Crippen LogP contribution in [0.3, 0.4) is 0 Å². The Hall–Kier alpha value is -1.40. The molecule has 0 spiro atoms. The first-order valence-electron chi connectivity index (χ1n) is 5.48. The molecular weight excluding hydrogens is 244 g/mol. The maximum Gasteiger partial charge on any atom is 0.282 e. The van der Waals surface area contributed by atoms with E-state index in [0.717, 1.165) is 0 Å². The van der Waals surface area contributed by atoms with E-state index >= 15 is 0 Å². The maximum atomic E-state index is 12.9. The minimum absolute atomic E-state index is 0.00288. The molecule has 3 N–H and O–H groups in total. The Morgan fingerprint density at radius 2 is 2.11 bits per heavy atom. The van der Waals surface area contributed by atoms with Crippen LogP contribution in [0.4, 0.5) is 8.78 Å². The summed E-state index contributed by atoms with van der Waals surface area (Å²) in [6.45, 7) is -0.236. The highest BCUT2D eigenvalue weighted by Gasteiger charge is 2.28. The number of rotatable bonds is 6. The number of alkyl halides is 2. The van der Waals surface area contributed by atoms with Crippen molar-refractivity contribution in [1.82, 2.24) is 5.32 Å². The summed E-state index contributed by atoms with van der Waals surface area (Å²) in [6.07, 6.45) is 0. The summed E-state index contributed by atoms with van der Waals surface area (Å²) < 4.78 is 30.8.